The van der Waals surface area contributed by atoms with Crippen LogP contribution < -0.4 is 5.32 Å². The SMILES string of the molecule is CC(C)(C)CC(NC(=O)C1CCOCC1)c1ccc(F)cc1. The number of ether oxygens (including phenoxy) is 1. The molecule has 1 unspecified atom stereocenters. The fourth-order valence-electron chi connectivity index (χ4n) is 2.81. The van der Waals surface area contributed by atoms with Gasteiger partial charge in [0.15, 0.2) is 0 Å². The smallest absolute Gasteiger partial charge is 0.223 e. The highest BCUT2D eigenvalue weighted by molar-refractivity contribution is 5.79. The molecular weight excluding hydrogens is 281 g/mol. The van der Waals surface area contributed by atoms with E-state index in [1.54, 1.807) is 12.1 Å². The molecule has 3 nitrogen and oxygen atoms in total. The Morgan fingerprint density at radius 1 is 1.27 bits per heavy atom. The Labute approximate surface area is 132 Å². The van der Waals surface area contributed by atoms with Crippen molar-refractivity contribution >= 4 is 5.91 Å². The molecule has 1 fully saturated rings. The molecule has 1 saturated heterocycles. The minimum absolute atomic E-state index is 0.0247. The van der Waals surface area contributed by atoms with Crippen LogP contribution >= 0.6 is 0 Å². The zero-order valence-corrected chi connectivity index (χ0v) is 13.7. The number of hydrogen-bond acceptors (Lipinski definition) is 2. The van der Waals surface area contributed by atoms with E-state index < -0.39 is 0 Å². The summed E-state index contributed by atoms with van der Waals surface area (Å²) < 4.78 is 18.5. The van der Waals surface area contributed by atoms with Crippen LogP contribution in [-0.4, -0.2) is 19.1 Å². The third-order valence-corrected chi connectivity index (χ3v) is 4.00. The quantitative estimate of drug-likeness (QED) is 0.917. The lowest BCUT2D eigenvalue weighted by Crippen LogP contribution is -2.38. The van der Waals surface area contributed by atoms with Crippen molar-refractivity contribution in [3.8, 4) is 0 Å². The summed E-state index contributed by atoms with van der Waals surface area (Å²) in [6.45, 7) is 7.73. The number of amides is 1. The Kier molecular flexibility index (Phi) is 5.57. The molecule has 0 aliphatic carbocycles. The number of carbonyl (C=O) groups excluding carboxylic acids is 1. The van der Waals surface area contributed by atoms with E-state index in [0.29, 0.717) is 13.2 Å². The molecule has 1 aliphatic heterocycles. The van der Waals surface area contributed by atoms with Crippen molar-refractivity contribution in [1.82, 2.24) is 5.32 Å². The second kappa shape index (κ2) is 7.23. The number of halogens is 1. The summed E-state index contributed by atoms with van der Waals surface area (Å²) in [4.78, 5) is 12.5. The van der Waals surface area contributed by atoms with Crippen molar-refractivity contribution in [1.29, 1.82) is 0 Å². The standard InChI is InChI=1S/C18H26FNO2/c1-18(2,3)12-16(13-4-6-15(19)7-5-13)20-17(21)14-8-10-22-11-9-14/h4-7,14,16H,8-12H2,1-3H3,(H,20,21). The van der Waals surface area contributed by atoms with E-state index in [2.05, 4.69) is 26.1 Å². The van der Waals surface area contributed by atoms with Gasteiger partial charge in [-0.3, -0.25) is 4.79 Å². The molecule has 1 atom stereocenters. The van der Waals surface area contributed by atoms with Crippen molar-refractivity contribution < 1.29 is 13.9 Å². The van der Waals surface area contributed by atoms with E-state index in [1.807, 2.05) is 0 Å². The highest BCUT2D eigenvalue weighted by atomic mass is 19.1. The number of carbonyl (C=O) groups is 1. The molecule has 1 amide bonds. The maximum Gasteiger partial charge on any atom is 0.223 e. The summed E-state index contributed by atoms with van der Waals surface area (Å²) in [7, 11) is 0. The zero-order valence-electron chi connectivity index (χ0n) is 13.7. The van der Waals surface area contributed by atoms with Crippen molar-refractivity contribution in [3.63, 3.8) is 0 Å². The normalized spacial score (nSPS) is 18.0. The largest absolute Gasteiger partial charge is 0.381 e. The Hall–Kier alpha value is -1.42. The zero-order chi connectivity index (χ0) is 16.2. The van der Waals surface area contributed by atoms with Crippen LogP contribution in [0.5, 0.6) is 0 Å². The van der Waals surface area contributed by atoms with Crippen molar-refractivity contribution in [2.45, 2.75) is 46.1 Å². The first-order valence-corrected chi connectivity index (χ1v) is 7.99. The Balaban J connectivity index is 2.10. The molecule has 0 aromatic heterocycles. The molecular formula is C18H26FNO2. The molecule has 1 N–H and O–H groups in total. The van der Waals surface area contributed by atoms with E-state index >= 15 is 0 Å². The van der Waals surface area contributed by atoms with Crippen LogP contribution in [0.4, 0.5) is 4.39 Å². The molecule has 2 rings (SSSR count). The average Bonchev–Trinajstić information content (AvgIpc) is 2.47. The number of nitrogens with one attached hydrogen (secondary N) is 1. The Bertz CT molecular complexity index is 487. The van der Waals surface area contributed by atoms with Gasteiger partial charge in [-0.1, -0.05) is 32.9 Å². The molecule has 1 aliphatic rings. The molecule has 4 heteroatoms. The molecule has 122 valence electrons. The van der Waals surface area contributed by atoms with E-state index in [4.69, 9.17) is 4.74 Å². The number of benzene rings is 1. The van der Waals surface area contributed by atoms with E-state index in [9.17, 15) is 9.18 Å². The van der Waals surface area contributed by atoms with E-state index in [1.165, 1.54) is 12.1 Å². The first-order valence-electron chi connectivity index (χ1n) is 7.99. The van der Waals surface area contributed by atoms with Crippen LogP contribution in [0.25, 0.3) is 0 Å². The van der Waals surface area contributed by atoms with Crippen molar-refractivity contribution in [3.05, 3.63) is 35.6 Å². The molecule has 22 heavy (non-hydrogen) atoms. The van der Waals surface area contributed by atoms with Gasteiger partial charge < -0.3 is 10.1 Å². The molecule has 0 bridgehead atoms. The molecule has 1 aromatic rings. The van der Waals surface area contributed by atoms with Crippen LogP contribution in [0.15, 0.2) is 24.3 Å². The first-order chi connectivity index (χ1) is 10.3. The van der Waals surface area contributed by atoms with Gasteiger partial charge in [0.1, 0.15) is 5.82 Å². The molecule has 0 saturated carbocycles. The van der Waals surface area contributed by atoms with Gasteiger partial charge in [-0.2, -0.15) is 0 Å². The second-order valence-electron chi connectivity index (χ2n) is 7.26. The fraction of sp³-hybridized carbons (Fsp3) is 0.611. The molecule has 1 heterocycles. The van der Waals surface area contributed by atoms with Crippen molar-refractivity contribution in [2.75, 3.05) is 13.2 Å². The van der Waals surface area contributed by atoms with Gasteiger partial charge in [0, 0.05) is 19.1 Å². The maximum absolute atomic E-state index is 13.1. The maximum atomic E-state index is 13.1. The minimum atomic E-state index is -0.256. The first kappa shape index (κ1) is 16.9. The van der Waals surface area contributed by atoms with E-state index in [-0.39, 0.29) is 29.1 Å². The third-order valence-electron chi connectivity index (χ3n) is 4.00. The predicted octanol–water partition coefficient (Wildman–Crippen LogP) is 3.85. The van der Waals surface area contributed by atoms with Gasteiger partial charge in [0.2, 0.25) is 5.91 Å². The summed E-state index contributed by atoms with van der Waals surface area (Å²) in [5.74, 6) is -0.146. The van der Waals surface area contributed by atoms with Gasteiger partial charge >= 0.3 is 0 Å². The number of rotatable bonds is 4. The summed E-state index contributed by atoms with van der Waals surface area (Å²) in [5, 5.41) is 3.16. The highest BCUT2D eigenvalue weighted by Gasteiger charge is 2.27. The third kappa shape index (κ3) is 5.09. The van der Waals surface area contributed by atoms with Crippen LogP contribution in [0.1, 0.15) is 51.6 Å². The monoisotopic (exact) mass is 307 g/mol. The predicted molar refractivity (Wildman–Crippen MR) is 84.9 cm³/mol. The summed E-state index contributed by atoms with van der Waals surface area (Å²) in [6, 6.07) is 6.33. The van der Waals surface area contributed by atoms with Gasteiger partial charge in [-0.15, -0.1) is 0 Å². The summed E-state index contributed by atoms with van der Waals surface area (Å²) >= 11 is 0. The van der Waals surface area contributed by atoms with Crippen LogP contribution in [0.3, 0.4) is 0 Å². The summed E-state index contributed by atoms with van der Waals surface area (Å²) in [6.07, 6.45) is 2.36. The minimum Gasteiger partial charge on any atom is -0.381 e. The molecule has 0 radical (unpaired) electrons. The highest BCUT2D eigenvalue weighted by Crippen LogP contribution is 2.30. The van der Waals surface area contributed by atoms with Gasteiger partial charge in [-0.25, -0.2) is 4.39 Å². The fourth-order valence-corrected chi connectivity index (χ4v) is 2.81. The second-order valence-corrected chi connectivity index (χ2v) is 7.26. The van der Waals surface area contributed by atoms with Gasteiger partial charge in [0.05, 0.1) is 6.04 Å². The van der Waals surface area contributed by atoms with Crippen LogP contribution in [-0.2, 0) is 9.53 Å². The average molecular weight is 307 g/mol. The number of hydrogen-bond donors (Lipinski definition) is 1. The summed E-state index contributed by atoms with van der Waals surface area (Å²) in [5.41, 5.74) is 1.03. The van der Waals surface area contributed by atoms with Gasteiger partial charge in [0.25, 0.3) is 0 Å². The van der Waals surface area contributed by atoms with Crippen molar-refractivity contribution in [2.24, 2.45) is 11.3 Å². The van der Waals surface area contributed by atoms with Crippen LogP contribution in [0.2, 0.25) is 0 Å². The topological polar surface area (TPSA) is 38.3 Å². The lowest BCUT2D eigenvalue weighted by atomic mass is 9.85. The Morgan fingerprint density at radius 3 is 2.41 bits per heavy atom. The molecule has 1 aromatic carbocycles. The lowest BCUT2D eigenvalue weighted by Gasteiger charge is -2.29. The van der Waals surface area contributed by atoms with Crippen LogP contribution in [0, 0.1) is 17.2 Å². The van der Waals surface area contributed by atoms with E-state index in [0.717, 1.165) is 24.8 Å². The lowest BCUT2D eigenvalue weighted by molar-refractivity contribution is -0.128. The van der Waals surface area contributed by atoms with Gasteiger partial charge in [-0.05, 0) is 42.4 Å². The Morgan fingerprint density at radius 2 is 1.86 bits per heavy atom. The molecule has 0 spiro atoms.